The van der Waals surface area contributed by atoms with Crippen molar-refractivity contribution in [2.45, 2.75) is 75.9 Å². The molecule has 2 aliphatic carbocycles. The molecule has 1 N–H and O–H groups in total. The summed E-state index contributed by atoms with van der Waals surface area (Å²) in [5.41, 5.74) is 3.12. The molecule has 1 heterocycles. The van der Waals surface area contributed by atoms with Crippen LogP contribution in [0.2, 0.25) is 0 Å². The molecule has 1 aliphatic heterocycles. The first kappa shape index (κ1) is 22.6. The molecule has 6 heteroatoms. The fourth-order valence-corrected chi connectivity index (χ4v) is 6.00. The Hall–Kier alpha value is -3.15. The molecule has 2 saturated carbocycles. The zero-order valence-corrected chi connectivity index (χ0v) is 19.4. The fourth-order valence-electron chi connectivity index (χ4n) is 6.00. The second kappa shape index (κ2) is 9.61. The first-order valence-electron chi connectivity index (χ1n) is 12.5. The van der Waals surface area contributed by atoms with E-state index in [0.29, 0.717) is 12.8 Å². The molecule has 0 bridgehead atoms. The summed E-state index contributed by atoms with van der Waals surface area (Å²) in [6.45, 7) is 0. The van der Waals surface area contributed by atoms with Gasteiger partial charge in [0.2, 0.25) is 11.8 Å². The average Bonchev–Trinajstić information content (AvgIpc) is 3.57. The van der Waals surface area contributed by atoms with Crippen LogP contribution in [0.4, 0.5) is 5.69 Å². The third kappa shape index (κ3) is 4.46. The van der Waals surface area contributed by atoms with Gasteiger partial charge in [0.1, 0.15) is 0 Å². The summed E-state index contributed by atoms with van der Waals surface area (Å²) in [5.74, 6) is -0.687. The molecule has 2 amide bonds. The van der Waals surface area contributed by atoms with Gasteiger partial charge in [0, 0.05) is 36.5 Å². The normalized spacial score (nSPS) is 23.2. The lowest BCUT2D eigenvalue weighted by molar-refractivity contribution is -0.143. The SMILES string of the molecule is O=C(O)CCC(=O)N(C1CC1)[C@H]1c2ccccc2N(C(=O)CCc2ccccc2)[C@@H]2CCC[C@@H]21. The Morgan fingerprint density at radius 2 is 1.62 bits per heavy atom. The molecule has 3 atom stereocenters. The molecule has 0 unspecified atom stereocenters. The van der Waals surface area contributed by atoms with E-state index in [9.17, 15) is 14.4 Å². The molecule has 34 heavy (non-hydrogen) atoms. The number of carbonyl (C=O) groups excluding carboxylic acids is 2. The molecule has 0 aromatic heterocycles. The first-order chi connectivity index (χ1) is 16.5. The molecule has 2 fully saturated rings. The molecule has 6 nitrogen and oxygen atoms in total. The van der Waals surface area contributed by atoms with Crippen molar-refractivity contribution in [3.8, 4) is 0 Å². The molecule has 5 rings (SSSR count). The van der Waals surface area contributed by atoms with Crippen molar-refractivity contribution >= 4 is 23.5 Å². The van der Waals surface area contributed by atoms with Crippen molar-refractivity contribution in [2.75, 3.05) is 4.90 Å². The van der Waals surface area contributed by atoms with Gasteiger partial charge in [0.25, 0.3) is 0 Å². The molecule has 178 valence electrons. The van der Waals surface area contributed by atoms with Gasteiger partial charge in [-0.05, 0) is 49.3 Å². The number of aliphatic carboxylic acids is 1. The second-order valence-corrected chi connectivity index (χ2v) is 9.84. The number of fused-ring (bicyclic) bond motifs is 2. The van der Waals surface area contributed by atoms with Gasteiger partial charge in [-0.2, -0.15) is 0 Å². The van der Waals surface area contributed by atoms with E-state index < -0.39 is 5.97 Å². The van der Waals surface area contributed by atoms with Crippen LogP contribution in [-0.2, 0) is 20.8 Å². The quantitative estimate of drug-likeness (QED) is 0.618. The predicted octanol–water partition coefficient (Wildman–Crippen LogP) is 4.73. The van der Waals surface area contributed by atoms with Crippen LogP contribution in [-0.4, -0.2) is 39.9 Å². The molecule has 0 radical (unpaired) electrons. The number of carboxylic acids is 1. The number of carbonyl (C=O) groups is 3. The highest BCUT2D eigenvalue weighted by atomic mass is 16.4. The summed E-state index contributed by atoms with van der Waals surface area (Å²) in [4.78, 5) is 42.0. The molecule has 0 saturated heterocycles. The maximum atomic E-state index is 13.6. The number of rotatable bonds is 8. The number of para-hydroxylation sites is 1. The maximum absolute atomic E-state index is 13.6. The third-order valence-electron chi connectivity index (χ3n) is 7.60. The number of carboxylic acid groups (broad SMARTS) is 1. The van der Waals surface area contributed by atoms with Crippen LogP contribution in [0.15, 0.2) is 54.6 Å². The number of nitrogens with zero attached hydrogens (tertiary/aromatic N) is 2. The first-order valence-corrected chi connectivity index (χ1v) is 12.5. The number of amides is 2. The van der Waals surface area contributed by atoms with Crippen LogP contribution in [0.3, 0.4) is 0 Å². The topological polar surface area (TPSA) is 77.9 Å². The Morgan fingerprint density at radius 1 is 0.882 bits per heavy atom. The van der Waals surface area contributed by atoms with E-state index in [0.717, 1.165) is 48.9 Å². The Labute approximate surface area is 200 Å². The summed E-state index contributed by atoms with van der Waals surface area (Å²) in [7, 11) is 0. The van der Waals surface area contributed by atoms with Gasteiger partial charge in [-0.3, -0.25) is 14.4 Å². The molecular weight excluding hydrogens is 428 g/mol. The van der Waals surface area contributed by atoms with Gasteiger partial charge in [-0.15, -0.1) is 0 Å². The van der Waals surface area contributed by atoms with Gasteiger partial charge < -0.3 is 14.9 Å². The van der Waals surface area contributed by atoms with Gasteiger partial charge in [0.05, 0.1) is 12.5 Å². The second-order valence-electron chi connectivity index (χ2n) is 9.84. The average molecular weight is 461 g/mol. The lowest BCUT2D eigenvalue weighted by Gasteiger charge is -2.48. The standard InChI is InChI=1S/C28H32N2O4/c31-25(17-18-27(33)34)29(20-14-15-20)28-21-9-4-5-11-23(21)30(24-12-6-10-22(24)28)26(32)16-13-19-7-2-1-3-8-19/h1-5,7-9,11,20,22,24,28H,6,10,12-18H2,(H,33,34)/t22-,24+,28-/m0/s1. The summed E-state index contributed by atoms with van der Waals surface area (Å²) < 4.78 is 0. The van der Waals surface area contributed by atoms with Crippen molar-refractivity contribution in [3.05, 3.63) is 65.7 Å². The van der Waals surface area contributed by atoms with Crippen LogP contribution in [0.5, 0.6) is 0 Å². The monoisotopic (exact) mass is 460 g/mol. The Kier molecular flexibility index (Phi) is 6.40. The smallest absolute Gasteiger partial charge is 0.303 e. The molecular formula is C28H32N2O4. The van der Waals surface area contributed by atoms with Crippen LogP contribution in [0.25, 0.3) is 0 Å². The van der Waals surface area contributed by atoms with E-state index in [1.807, 2.05) is 46.2 Å². The summed E-state index contributed by atoms with van der Waals surface area (Å²) >= 11 is 0. The Balaban J connectivity index is 1.46. The summed E-state index contributed by atoms with van der Waals surface area (Å²) in [6, 6.07) is 18.3. The number of aryl methyl sites for hydroxylation is 1. The number of hydrogen-bond donors (Lipinski definition) is 1. The zero-order valence-electron chi connectivity index (χ0n) is 19.4. The van der Waals surface area contributed by atoms with Crippen LogP contribution in [0.1, 0.15) is 68.5 Å². The zero-order chi connectivity index (χ0) is 23.7. The predicted molar refractivity (Wildman–Crippen MR) is 129 cm³/mol. The van der Waals surface area contributed by atoms with Crippen molar-refractivity contribution in [1.82, 2.24) is 4.90 Å². The van der Waals surface area contributed by atoms with E-state index in [1.165, 1.54) is 0 Å². The highest BCUT2D eigenvalue weighted by Crippen LogP contribution is 2.52. The lowest BCUT2D eigenvalue weighted by atomic mass is 9.81. The van der Waals surface area contributed by atoms with E-state index in [4.69, 9.17) is 5.11 Å². The highest BCUT2D eigenvalue weighted by Gasteiger charge is 2.51. The van der Waals surface area contributed by atoms with Gasteiger partial charge in [-0.25, -0.2) is 0 Å². The summed E-state index contributed by atoms with van der Waals surface area (Å²) in [6.07, 6.45) is 5.93. The van der Waals surface area contributed by atoms with Crippen molar-refractivity contribution in [2.24, 2.45) is 5.92 Å². The van der Waals surface area contributed by atoms with Crippen LogP contribution in [0, 0.1) is 5.92 Å². The molecule has 0 spiro atoms. The summed E-state index contributed by atoms with van der Waals surface area (Å²) in [5, 5.41) is 9.13. The molecule has 2 aromatic carbocycles. The number of hydrogen-bond acceptors (Lipinski definition) is 3. The highest BCUT2D eigenvalue weighted by molar-refractivity contribution is 5.96. The van der Waals surface area contributed by atoms with Crippen molar-refractivity contribution in [3.63, 3.8) is 0 Å². The Morgan fingerprint density at radius 3 is 2.35 bits per heavy atom. The Bertz CT molecular complexity index is 1070. The van der Waals surface area contributed by atoms with E-state index in [1.54, 1.807) is 0 Å². The van der Waals surface area contributed by atoms with Gasteiger partial charge in [-0.1, -0.05) is 55.0 Å². The lowest BCUT2D eigenvalue weighted by Crippen LogP contribution is -2.53. The van der Waals surface area contributed by atoms with Gasteiger partial charge in [0.15, 0.2) is 0 Å². The number of benzene rings is 2. The largest absolute Gasteiger partial charge is 0.481 e. The molecule has 2 aromatic rings. The van der Waals surface area contributed by atoms with Gasteiger partial charge >= 0.3 is 5.97 Å². The molecule has 3 aliphatic rings. The van der Waals surface area contributed by atoms with Crippen molar-refractivity contribution in [1.29, 1.82) is 0 Å². The van der Waals surface area contributed by atoms with Crippen molar-refractivity contribution < 1.29 is 19.5 Å². The van der Waals surface area contributed by atoms with E-state index in [2.05, 4.69) is 18.2 Å². The fraction of sp³-hybridized carbons (Fsp3) is 0.464. The third-order valence-corrected chi connectivity index (χ3v) is 7.60. The van der Waals surface area contributed by atoms with E-state index in [-0.39, 0.29) is 48.7 Å². The number of anilines is 1. The maximum Gasteiger partial charge on any atom is 0.303 e. The minimum absolute atomic E-state index is 0.0294. The van der Waals surface area contributed by atoms with Crippen LogP contribution < -0.4 is 4.90 Å². The minimum atomic E-state index is -0.943. The van der Waals surface area contributed by atoms with E-state index >= 15 is 0 Å². The minimum Gasteiger partial charge on any atom is -0.481 e. The van der Waals surface area contributed by atoms with Crippen LogP contribution >= 0.6 is 0 Å².